The molecule has 0 saturated carbocycles. The van der Waals surface area contributed by atoms with Gasteiger partial charge >= 0.3 is 5.97 Å². The van der Waals surface area contributed by atoms with Crippen LogP contribution in [-0.2, 0) is 9.53 Å². The molecule has 2 heterocycles. The minimum Gasteiger partial charge on any atom is -0.469 e. The van der Waals surface area contributed by atoms with Crippen molar-refractivity contribution in [2.45, 2.75) is 19.8 Å². The molecule has 1 aliphatic rings. The molecule has 2 rings (SSSR count). The Balaban J connectivity index is 2.12. The lowest BCUT2D eigenvalue weighted by Gasteiger charge is -2.33. The van der Waals surface area contributed by atoms with Crippen LogP contribution in [0.1, 0.15) is 18.4 Å². The second-order valence-electron chi connectivity index (χ2n) is 4.47. The van der Waals surface area contributed by atoms with Gasteiger partial charge in [-0.05, 0) is 31.4 Å². The maximum atomic E-state index is 11.6. The van der Waals surface area contributed by atoms with E-state index in [0.717, 1.165) is 31.5 Å². The van der Waals surface area contributed by atoms with Gasteiger partial charge in [-0.1, -0.05) is 0 Å². The summed E-state index contributed by atoms with van der Waals surface area (Å²) in [5.74, 6) is -0.0947. The summed E-state index contributed by atoms with van der Waals surface area (Å²) in [6.07, 6.45) is 5.61. The number of ether oxygens (including phenoxy) is 1. The number of methoxy groups -OCH3 is 1. The van der Waals surface area contributed by atoms with Crippen molar-refractivity contribution in [1.29, 1.82) is 0 Å². The molecule has 1 aromatic rings. The molecule has 1 unspecified atom stereocenters. The molecule has 0 aromatic carbocycles. The number of anilines is 1. The molecule has 0 N–H and O–H groups in total. The smallest absolute Gasteiger partial charge is 0.310 e. The molecule has 4 heteroatoms. The molecule has 0 spiro atoms. The van der Waals surface area contributed by atoms with Gasteiger partial charge in [-0.3, -0.25) is 9.78 Å². The Kier molecular flexibility index (Phi) is 3.61. The van der Waals surface area contributed by atoms with Crippen LogP contribution in [0.3, 0.4) is 0 Å². The van der Waals surface area contributed by atoms with Gasteiger partial charge in [0, 0.05) is 31.2 Å². The third-order valence-corrected chi connectivity index (χ3v) is 3.29. The molecule has 1 atom stereocenters. The van der Waals surface area contributed by atoms with Crippen molar-refractivity contribution in [2.24, 2.45) is 5.92 Å². The molecular formula is C13H18N2O2. The van der Waals surface area contributed by atoms with E-state index in [-0.39, 0.29) is 11.9 Å². The van der Waals surface area contributed by atoms with Crippen molar-refractivity contribution < 1.29 is 9.53 Å². The van der Waals surface area contributed by atoms with E-state index in [9.17, 15) is 4.79 Å². The molecule has 1 saturated heterocycles. The van der Waals surface area contributed by atoms with Crippen LogP contribution >= 0.6 is 0 Å². The standard InChI is InChI=1S/C13H18N2O2/c1-10-8-14-6-5-12(10)15-7-3-4-11(9-15)13(16)17-2/h5-6,8,11H,3-4,7,9H2,1-2H3. The Morgan fingerprint density at radius 2 is 2.41 bits per heavy atom. The number of nitrogens with zero attached hydrogens (tertiary/aromatic N) is 2. The van der Waals surface area contributed by atoms with Crippen molar-refractivity contribution in [3.05, 3.63) is 24.0 Å². The highest BCUT2D eigenvalue weighted by molar-refractivity contribution is 5.73. The molecule has 1 aliphatic heterocycles. The number of aromatic nitrogens is 1. The number of rotatable bonds is 2. The molecule has 0 radical (unpaired) electrons. The first-order chi connectivity index (χ1) is 8.22. The molecule has 0 aliphatic carbocycles. The SMILES string of the molecule is COC(=O)C1CCCN(c2ccncc2C)C1. The highest BCUT2D eigenvalue weighted by Crippen LogP contribution is 2.25. The normalized spacial score (nSPS) is 20.1. The molecule has 92 valence electrons. The first-order valence-corrected chi connectivity index (χ1v) is 5.95. The van der Waals surface area contributed by atoms with E-state index in [1.165, 1.54) is 12.8 Å². The Bertz CT molecular complexity index is 406. The molecule has 4 nitrogen and oxygen atoms in total. The Labute approximate surface area is 102 Å². The molecule has 17 heavy (non-hydrogen) atoms. The highest BCUT2D eigenvalue weighted by Gasteiger charge is 2.26. The van der Waals surface area contributed by atoms with Crippen LogP contribution in [0.2, 0.25) is 0 Å². The summed E-state index contributed by atoms with van der Waals surface area (Å²) in [6.45, 7) is 3.79. The first-order valence-electron chi connectivity index (χ1n) is 5.95. The minimum atomic E-state index is -0.0959. The summed E-state index contributed by atoms with van der Waals surface area (Å²) in [5, 5.41) is 0. The number of hydrogen-bond donors (Lipinski definition) is 0. The Morgan fingerprint density at radius 1 is 1.59 bits per heavy atom. The van der Waals surface area contributed by atoms with Crippen molar-refractivity contribution in [2.75, 3.05) is 25.1 Å². The number of pyridine rings is 1. The largest absolute Gasteiger partial charge is 0.469 e. The van der Waals surface area contributed by atoms with Gasteiger partial charge in [0.15, 0.2) is 0 Å². The summed E-state index contributed by atoms with van der Waals surface area (Å²) in [6, 6.07) is 2.01. The monoisotopic (exact) mass is 234 g/mol. The minimum absolute atomic E-state index is 0.00122. The fraction of sp³-hybridized carbons (Fsp3) is 0.538. The van der Waals surface area contributed by atoms with Gasteiger partial charge in [-0.2, -0.15) is 0 Å². The van der Waals surface area contributed by atoms with Crippen LogP contribution in [0.25, 0.3) is 0 Å². The third-order valence-electron chi connectivity index (χ3n) is 3.29. The Morgan fingerprint density at radius 3 is 3.12 bits per heavy atom. The van der Waals surface area contributed by atoms with Gasteiger partial charge in [0.25, 0.3) is 0 Å². The highest BCUT2D eigenvalue weighted by atomic mass is 16.5. The van der Waals surface area contributed by atoms with Gasteiger partial charge in [-0.25, -0.2) is 0 Å². The second-order valence-corrected chi connectivity index (χ2v) is 4.47. The van der Waals surface area contributed by atoms with Gasteiger partial charge in [-0.15, -0.1) is 0 Å². The van der Waals surface area contributed by atoms with Gasteiger partial charge in [0.2, 0.25) is 0 Å². The predicted molar refractivity (Wildman–Crippen MR) is 65.9 cm³/mol. The zero-order chi connectivity index (χ0) is 12.3. The lowest BCUT2D eigenvalue weighted by molar-refractivity contribution is -0.145. The fourth-order valence-corrected chi connectivity index (χ4v) is 2.38. The molecule has 1 aromatic heterocycles. The van der Waals surface area contributed by atoms with E-state index < -0.39 is 0 Å². The average molecular weight is 234 g/mol. The summed E-state index contributed by atoms with van der Waals surface area (Å²) in [5.41, 5.74) is 2.33. The van der Waals surface area contributed by atoms with Crippen molar-refractivity contribution in [3.63, 3.8) is 0 Å². The summed E-state index contributed by atoms with van der Waals surface area (Å²) in [7, 11) is 1.46. The van der Waals surface area contributed by atoms with Crippen molar-refractivity contribution in [1.82, 2.24) is 4.98 Å². The van der Waals surface area contributed by atoms with E-state index in [4.69, 9.17) is 4.74 Å². The van der Waals surface area contributed by atoms with E-state index in [1.807, 2.05) is 19.2 Å². The summed E-state index contributed by atoms with van der Waals surface area (Å²) in [4.78, 5) is 17.9. The van der Waals surface area contributed by atoms with Crippen molar-refractivity contribution >= 4 is 11.7 Å². The van der Waals surface area contributed by atoms with Crippen LogP contribution in [0, 0.1) is 12.8 Å². The number of aryl methyl sites for hydroxylation is 1. The van der Waals surface area contributed by atoms with E-state index in [2.05, 4.69) is 9.88 Å². The molecular weight excluding hydrogens is 216 g/mol. The van der Waals surface area contributed by atoms with E-state index >= 15 is 0 Å². The molecule has 1 fully saturated rings. The van der Waals surface area contributed by atoms with Crippen LogP contribution < -0.4 is 4.90 Å². The van der Waals surface area contributed by atoms with Crippen LogP contribution in [0.5, 0.6) is 0 Å². The molecule has 0 amide bonds. The van der Waals surface area contributed by atoms with Crippen LogP contribution in [0.15, 0.2) is 18.5 Å². The lowest BCUT2D eigenvalue weighted by Crippen LogP contribution is -2.39. The maximum Gasteiger partial charge on any atom is 0.310 e. The van der Waals surface area contributed by atoms with E-state index in [0.29, 0.717) is 0 Å². The lowest BCUT2D eigenvalue weighted by atomic mass is 9.97. The predicted octanol–water partition coefficient (Wildman–Crippen LogP) is 1.78. The Hall–Kier alpha value is -1.58. The van der Waals surface area contributed by atoms with Gasteiger partial charge in [0.05, 0.1) is 13.0 Å². The molecule has 0 bridgehead atoms. The second kappa shape index (κ2) is 5.17. The van der Waals surface area contributed by atoms with Gasteiger partial charge in [0.1, 0.15) is 0 Å². The van der Waals surface area contributed by atoms with Crippen LogP contribution in [-0.4, -0.2) is 31.2 Å². The maximum absolute atomic E-state index is 11.6. The number of carbonyl (C=O) groups excluding carboxylic acids is 1. The zero-order valence-electron chi connectivity index (χ0n) is 10.3. The number of piperidine rings is 1. The number of carbonyl (C=O) groups is 1. The topological polar surface area (TPSA) is 42.4 Å². The fourth-order valence-electron chi connectivity index (χ4n) is 2.38. The van der Waals surface area contributed by atoms with Crippen LogP contribution in [0.4, 0.5) is 5.69 Å². The quantitative estimate of drug-likeness (QED) is 0.731. The average Bonchev–Trinajstić information content (AvgIpc) is 2.38. The zero-order valence-corrected chi connectivity index (χ0v) is 10.3. The third kappa shape index (κ3) is 2.57. The van der Waals surface area contributed by atoms with Gasteiger partial charge < -0.3 is 9.64 Å². The first kappa shape index (κ1) is 11.9. The summed E-state index contributed by atoms with van der Waals surface area (Å²) < 4.78 is 4.83. The number of hydrogen-bond acceptors (Lipinski definition) is 4. The van der Waals surface area contributed by atoms with E-state index in [1.54, 1.807) is 6.20 Å². The number of esters is 1. The van der Waals surface area contributed by atoms with Crippen molar-refractivity contribution in [3.8, 4) is 0 Å². The summed E-state index contributed by atoms with van der Waals surface area (Å²) >= 11 is 0.